The molecule has 1 saturated heterocycles. The zero-order chi connectivity index (χ0) is 24.5. The van der Waals surface area contributed by atoms with Gasteiger partial charge in [0.05, 0.1) is 38.3 Å². The predicted octanol–water partition coefficient (Wildman–Crippen LogP) is 3.07. The summed E-state index contributed by atoms with van der Waals surface area (Å²) in [5.41, 5.74) is 0.247. The second-order valence-electron chi connectivity index (χ2n) is 8.35. The van der Waals surface area contributed by atoms with Gasteiger partial charge in [-0.1, -0.05) is 23.7 Å². The van der Waals surface area contributed by atoms with Crippen LogP contribution in [0, 0.1) is 0 Å². The smallest absolute Gasteiger partial charge is 0.337 e. The Morgan fingerprint density at radius 2 is 2.00 bits per heavy atom. The summed E-state index contributed by atoms with van der Waals surface area (Å²) in [5.74, 6) is 0.333. The highest BCUT2D eigenvalue weighted by atomic mass is 35.5. The molecule has 0 saturated carbocycles. The number of imidazole rings is 1. The van der Waals surface area contributed by atoms with E-state index in [0.717, 1.165) is 12.8 Å². The first-order valence-electron chi connectivity index (χ1n) is 11.2. The molecule has 0 radical (unpaired) electrons. The Balaban J connectivity index is 1.65. The molecule has 4 aromatic rings. The normalized spacial score (nSPS) is 15.5. The molecule has 0 bridgehead atoms. The summed E-state index contributed by atoms with van der Waals surface area (Å²) < 4.78 is 14.9. The maximum atomic E-state index is 13.6. The number of benzene rings is 2. The summed E-state index contributed by atoms with van der Waals surface area (Å²) in [6, 6.07) is 13.5. The molecule has 0 amide bonds. The van der Waals surface area contributed by atoms with Gasteiger partial charge < -0.3 is 14.0 Å². The quantitative estimate of drug-likeness (QED) is 0.366. The van der Waals surface area contributed by atoms with Gasteiger partial charge in [0.2, 0.25) is 0 Å². The van der Waals surface area contributed by atoms with Crippen LogP contribution in [0.5, 0.6) is 5.75 Å². The maximum absolute atomic E-state index is 13.6. The van der Waals surface area contributed by atoms with Crippen LogP contribution in [0.2, 0.25) is 5.02 Å². The summed E-state index contributed by atoms with van der Waals surface area (Å²) in [5, 5.41) is 0.514. The first kappa shape index (κ1) is 23.1. The predicted molar refractivity (Wildman–Crippen MR) is 131 cm³/mol. The van der Waals surface area contributed by atoms with Crippen molar-refractivity contribution in [2.24, 2.45) is 0 Å². The third kappa shape index (κ3) is 4.40. The van der Waals surface area contributed by atoms with Crippen molar-refractivity contribution in [3.05, 3.63) is 86.3 Å². The minimum absolute atomic E-state index is 0.121. The Morgan fingerprint density at radius 1 is 1.20 bits per heavy atom. The zero-order valence-corrected chi connectivity index (χ0v) is 19.8. The van der Waals surface area contributed by atoms with Crippen LogP contribution in [0.3, 0.4) is 0 Å². The Bertz CT molecular complexity index is 1510. The van der Waals surface area contributed by atoms with Gasteiger partial charge in [-0.05, 0) is 49.2 Å². The van der Waals surface area contributed by atoms with Gasteiger partial charge in [0.25, 0.3) is 5.56 Å². The van der Waals surface area contributed by atoms with Crippen LogP contribution in [0.4, 0.5) is 0 Å². The van der Waals surface area contributed by atoms with E-state index in [0.29, 0.717) is 28.6 Å². The molecule has 9 nitrogen and oxygen atoms in total. The van der Waals surface area contributed by atoms with Crippen LogP contribution in [0.1, 0.15) is 23.2 Å². The number of methoxy groups -OCH3 is 1. The number of carbonyl (C=O) groups is 1. The van der Waals surface area contributed by atoms with Gasteiger partial charge in [0.1, 0.15) is 5.75 Å². The largest absolute Gasteiger partial charge is 0.497 e. The number of fused-ring (bicyclic) bond motifs is 1. The van der Waals surface area contributed by atoms with Crippen molar-refractivity contribution in [2.75, 3.05) is 13.7 Å². The molecule has 0 N–H and O–H groups in total. The van der Waals surface area contributed by atoms with Crippen molar-refractivity contribution in [1.29, 1.82) is 0 Å². The Morgan fingerprint density at radius 3 is 2.71 bits per heavy atom. The number of halogens is 1. The van der Waals surface area contributed by atoms with Gasteiger partial charge >= 0.3 is 5.69 Å². The third-order valence-electron chi connectivity index (χ3n) is 6.10. The molecule has 5 rings (SSSR count). The van der Waals surface area contributed by atoms with Crippen molar-refractivity contribution in [3.8, 4) is 11.4 Å². The van der Waals surface area contributed by atoms with Crippen molar-refractivity contribution in [1.82, 2.24) is 18.7 Å². The fourth-order valence-electron chi connectivity index (χ4n) is 4.32. The molecule has 0 unspecified atom stereocenters. The fourth-order valence-corrected chi connectivity index (χ4v) is 4.44. The number of rotatable bonds is 7. The molecule has 1 atom stereocenters. The van der Waals surface area contributed by atoms with E-state index in [1.54, 1.807) is 48.5 Å². The van der Waals surface area contributed by atoms with Crippen molar-refractivity contribution >= 4 is 28.5 Å². The molecule has 10 heteroatoms. The van der Waals surface area contributed by atoms with Crippen LogP contribution in [0.15, 0.2) is 64.4 Å². The van der Waals surface area contributed by atoms with Crippen molar-refractivity contribution in [3.63, 3.8) is 0 Å². The fraction of sp³-hybridized carbons (Fsp3) is 0.280. The zero-order valence-electron chi connectivity index (χ0n) is 19.0. The van der Waals surface area contributed by atoms with Gasteiger partial charge in [-0.3, -0.25) is 14.2 Å². The van der Waals surface area contributed by atoms with Crippen LogP contribution >= 0.6 is 11.6 Å². The summed E-state index contributed by atoms with van der Waals surface area (Å²) in [4.78, 5) is 44.5. The van der Waals surface area contributed by atoms with Gasteiger partial charge in [0.15, 0.2) is 16.9 Å². The van der Waals surface area contributed by atoms with Crippen LogP contribution < -0.4 is 16.0 Å². The number of nitrogens with zero attached hydrogens (tertiary/aromatic N) is 4. The first-order valence-corrected chi connectivity index (χ1v) is 11.6. The highest BCUT2D eigenvalue weighted by Crippen LogP contribution is 2.19. The highest BCUT2D eigenvalue weighted by Gasteiger charge is 2.24. The maximum Gasteiger partial charge on any atom is 0.337 e. The highest BCUT2D eigenvalue weighted by molar-refractivity contribution is 6.30. The number of ketones is 1. The summed E-state index contributed by atoms with van der Waals surface area (Å²) in [7, 11) is 1.53. The van der Waals surface area contributed by atoms with E-state index in [9.17, 15) is 14.4 Å². The van der Waals surface area contributed by atoms with Crippen LogP contribution in [-0.4, -0.2) is 44.3 Å². The van der Waals surface area contributed by atoms with Gasteiger partial charge in [-0.2, -0.15) is 0 Å². The molecule has 2 aromatic heterocycles. The standard InChI is InChI=1S/C25H23ClN4O5/c1-34-19-5-2-4-16(12-19)21(31)14-28-15-27-23-22(28)24(32)29(13-20-6-3-11-35-20)25(33)30(23)18-9-7-17(26)8-10-18/h2,4-5,7-10,12,15,20H,3,6,11,13-14H2,1H3/t20-/m1/s1. The average molecular weight is 495 g/mol. The molecule has 0 spiro atoms. The van der Waals surface area contributed by atoms with Gasteiger partial charge in [0, 0.05) is 17.2 Å². The van der Waals surface area contributed by atoms with Crippen LogP contribution in [-0.2, 0) is 17.8 Å². The Hall–Kier alpha value is -3.69. The summed E-state index contributed by atoms with van der Waals surface area (Å²) >= 11 is 6.04. The molecule has 2 aromatic carbocycles. The number of hydrogen-bond donors (Lipinski definition) is 0. The molecule has 1 aliphatic heterocycles. The molecular weight excluding hydrogens is 472 g/mol. The monoisotopic (exact) mass is 494 g/mol. The van der Waals surface area contributed by atoms with E-state index in [1.165, 1.54) is 27.1 Å². The lowest BCUT2D eigenvalue weighted by molar-refractivity contribution is 0.0947. The molecule has 1 aliphatic rings. The van der Waals surface area contributed by atoms with Gasteiger partial charge in [-0.25, -0.2) is 14.3 Å². The van der Waals surface area contributed by atoms with E-state index >= 15 is 0 Å². The first-order chi connectivity index (χ1) is 17.0. The summed E-state index contributed by atoms with van der Waals surface area (Å²) in [6.45, 7) is 0.591. The second kappa shape index (κ2) is 9.52. The Labute approximate surface area is 205 Å². The molecule has 180 valence electrons. The molecule has 35 heavy (non-hydrogen) atoms. The lowest BCUT2D eigenvalue weighted by atomic mass is 10.1. The third-order valence-corrected chi connectivity index (χ3v) is 6.35. The van der Waals surface area contributed by atoms with Crippen LogP contribution in [0.25, 0.3) is 16.9 Å². The van der Waals surface area contributed by atoms with Crippen molar-refractivity contribution < 1.29 is 14.3 Å². The molecular formula is C25H23ClN4O5. The Kier molecular flexibility index (Phi) is 6.27. The van der Waals surface area contributed by atoms with E-state index < -0.39 is 11.2 Å². The van der Waals surface area contributed by atoms with E-state index in [2.05, 4.69) is 4.98 Å². The molecule has 3 heterocycles. The average Bonchev–Trinajstić information content (AvgIpc) is 3.53. The lowest BCUT2D eigenvalue weighted by Crippen LogP contribution is -2.42. The van der Waals surface area contributed by atoms with E-state index in [1.807, 2.05) is 0 Å². The van der Waals surface area contributed by atoms with Gasteiger partial charge in [-0.15, -0.1) is 0 Å². The molecule has 0 aliphatic carbocycles. The SMILES string of the molecule is COc1cccc(C(=O)Cn2cnc3c2c(=O)n(C[C@H]2CCCO2)c(=O)n3-c2ccc(Cl)cc2)c1. The van der Waals surface area contributed by atoms with Crippen molar-refractivity contribution in [2.45, 2.75) is 32.0 Å². The molecule has 1 fully saturated rings. The van der Waals surface area contributed by atoms with E-state index in [-0.39, 0.29) is 36.1 Å². The second-order valence-corrected chi connectivity index (χ2v) is 8.78. The lowest BCUT2D eigenvalue weighted by Gasteiger charge is -2.15. The minimum Gasteiger partial charge on any atom is -0.497 e. The number of carbonyl (C=O) groups excluding carboxylic acids is 1. The number of hydrogen-bond acceptors (Lipinski definition) is 6. The van der Waals surface area contributed by atoms with E-state index in [4.69, 9.17) is 21.1 Å². The minimum atomic E-state index is -0.523. The number of aromatic nitrogens is 4. The number of ether oxygens (including phenoxy) is 2. The number of Topliss-reactive ketones (excluding diaryl/α,β-unsaturated/α-hetero) is 1. The topological polar surface area (TPSA) is 97.4 Å². The summed E-state index contributed by atoms with van der Waals surface area (Å²) in [6.07, 6.45) is 2.82.